The molecule has 0 aliphatic carbocycles. The molecule has 0 spiro atoms. The van der Waals surface area contributed by atoms with Gasteiger partial charge < -0.3 is 14.8 Å². The number of aliphatic hydroxyl groups excluding tert-OH is 1. The lowest BCUT2D eigenvalue weighted by atomic mass is 9.99. The Balaban J connectivity index is 2.24. The normalized spacial score (nSPS) is 10.9. The first kappa shape index (κ1) is 13.0. The zero-order valence-corrected chi connectivity index (χ0v) is 11.7. The molecule has 0 amide bonds. The Labute approximate surface area is 121 Å². The van der Waals surface area contributed by atoms with Crippen molar-refractivity contribution >= 4 is 22.5 Å². The smallest absolute Gasteiger partial charge is 0.118 e. The third-order valence-corrected chi connectivity index (χ3v) is 3.76. The van der Waals surface area contributed by atoms with Crippen molar-refractivity contribution in [3.63, 3.8) is 0 Å². The van der Waals surface area contributed by atoms with E-state index in [9.17, 15) is 5.11 Å². The number of aliphatic hydroxyl groups is 1. The number of ether oxygens (including phenoxy) is 1. The lowest BCUT2D eigenvalue weighted by Crippen LogP contribution is -1.86. The van der Waals surface area contributed by atoms with E-state index in [0.717, 1.165) is 33.3 Å². The van der Waals surface area contributed by atoms with Gasteiger partial charge in [-0.1, -0.05) is 35.9 Å². The molecule has 102 valence electrons. The summed E-state index contributed by atoms with van der Waals surface area (Å²) in [6.07, 6.45) is 0. The Morgan fingerprint density at radius 2 is 1.90 bits per heavy atom. The lowest BCUT2D eigenvalue weighted by Gasteiger charge is -2.07. The van der Waals surface area contributed by atoms with Crippen LogP contribution in [-0.2, 0) is 6.61 Å². The minimum atomic E-state index is -0.0913. The summed E-state index contributed by atoms with van der Waals surface area (Å²) in [5, 5.41) is 11.0. The van der Waals surface area contributed by atoms with Gasteiger partial charge in [-0.15, -0.1) is 0 Å². The van der Waals surface area contributed by atoms with E-state index in [1.54, 1.807) is 7.11 Å². The first-order chi connectivity index (χ1) is 9.74. The monoisotopic (exact) mass is 287 g/mol. The van der Waals surface area contributed by atoms with Gasteiger partial charge in [-0.2, -0.15) is 0 Å². The molecule has 1 heterocycles. The molecule has 1 aromatic heterocycles. The van der Waals surface area contributed by atoms with E-state index in [-0.39, 0.29) is 6.61 Å². The number of nitrogens with one attached hydrogen (secondary N) is 1. The van der Waals surface area contributed by atoms with E-state index in [2.05, 4.69) is 4.98 Å². The molecule has 3 aromatic rings. The molecule has 3 nitrogen and oxygen atoms in total. The minimum absolute atomic E-state index is 0.0913. The number of halogens is 1. The number of aromatic nitrogens is 1. The number of H-pyrrole nitrogens is 1. The fourth-order valence-corrected chi connectivity index (χ4v) is 2.70. The van der Waals surface area contributed by atoms with Crippen molar-refractivity contribution in [2.45, 2.75) is 6.61 Å². The Hall–Kier alpha value is -1.97. The Kier molecular flexibility index (Phi) is 3.38. The highest BCUT2D eigenvalue weighted by atomic mass is 35.5. The van der Waals surface area contributed by atoms with Gasteiger partial charge in [-0.25, -0.2) is 0 Å². The molecule has 0 fully saturated rings. The van der Waals surface area contributed by atoms with Crippen molar-refractivity contribution < 1.29 is 9.84 Å². The van der Waals surface area contributed by atoms with Crippen molar-refractivity contribution in [3.05, 3.63) is 53.2 Å². The fourth-order valence-electron chi connectivity index (χ4n) is 2.44. The topological polar surface area (TPSA) is 45.2 Å². The SMILES string of the molecule is COc1ccc(-c2cccc3[nH]c(Cl)c(CO)c23)cc1. The number of hydrogen-bond donors (Lipinski definition) is 2. The second kappa shape index (κ2) is 5.19. The van der Waals surface area contributed by atoms with Crippen LogP contribution in [0.1, 0.15) is 5.56 Å². The maximum absolute atomic E-state index is 9.53. The molecule has 0 aliphatic heterocycles. The number of methoxy groups -OCH3 is 1. The van der Waals surface area contributed by atoms with Crippen LogP contribution in [0.25, 0.3) is 22.0 Å². The first-order valence-corrected chi connectivity index (χ1v) is 6.66. The summed E-state index contributed by atoms with van der Waals surface area (Å²) < 4.78 is 5.17. The van der Waals surface area contributed by atoms with Crippen LogP contribution in [0.4, 0.5) is 0 Å². The van der Waals surface area contributed by atoms with E-state index in [0.29, 0.717) is 5.15 Å². The predicted octanol–water partition coefficient (Wildman–Crippen LogP) is 3.99. The summed E-state index contributed by atoms with van der Waals surface area (Å²) in [7, 11) is 1.64. The van der Waals surface area contributed by atoms with E-state index < -0.39 is 0 Å². The van der Waals surface area contributed by atoms with Gasteiger partial charge >= 0.3 is 0 Å². The van der Waals surface area contributed by atoms with E-state index in [1.807, 2.05) is 42.5 Å². The van der Waals surface area contributed by atoms with Crippen LogP contribution in [0.15, 0.2) is 42.5 Å². The molecule has 0 unspecified atom stereocenters. The van der Waals surface area contributed by atoms with Crippen LogP contribution in [0, 0.1) is 0 Å². The summed E-state index contributed by atoms with van der Waals surface area (Å²) in [6.45, 7) is -0.0913. The predicted molar refractivity (Wildman–Crippen MR) is 81.2 cm³/mol. The molecule has 2 N–H and O–H groups in total. The molecule has 4 heteroatoms. The van der Waals surface area contributed by atoms with Crippen molar-refractivity contribution in [1.29, 1.82) is 0 Å². The minimum Gasteiger partial charge on any atom is -0.497 e. The first-order valence-electron chi connectivity index (χ1n) is 6.29. The van der Waals surface area contributed by atoms with Crippen molar-refractivity contribution in [2.24, 2.45) is 0 Å². The molecule has 0 bridgehead atoms. The quantitative estimate of drug-likeness (QED) is 0.765. The van der Waals surface area contributed by atoms with Gasteiger partial charge in [0, 0.05) is 16.5 Å². The third kappa shape index (κ3) is 2.05. The maximum atomic E-state index is 9.53. The molecule has 2 aromatic carbocycles. The number of benzene rings is 2. The molecule has 0 saturated heterocycles. The second-order valence-electron chi connectivity index (χ2n) is 4.53. The Morgan fingerprint density at radius 1 is 1.15 bits per heavy atom. The van der Waals surface area contributed by atoms with Crippen LogP contribution in [0.5, 0.6) is 5.75 Å². The van der Waals surface area contributed by atoms with Crippen molar-refractivity contribution in [1.82, 2.24) is 4.98 Å². The van der Waals surface area contributed by atoms with Crippen molar-refractivity contribution in [2.75, 3.05) is 7.11 Å². The summed E-state index contributed by atoms with van der Waals surface area (Å²) in [5.41, 5.74) is 3.75. The van der Waals surface area contributed by atoms with Gasteiger partial charge in [0.05, 0.1) is 13.7 Å². The highest BCUT2D eigenvalue weighted by Gasteiger charge is 2.13. The van der Waals surface area contributed by atoms with E-state index in [4.69, 9.17) is 16.3 Å². The third-order valence-electron chi connectivity index (χ3n) is 3.43. The Morgan fingerprint density at radius 3 is 2.55 bits per heavy atom. The molecule has 0 radical (unpaired) electrons. The highest BCUT2D eigenvalue weighted by molar-refractivity contribution is 6.32. The largest absolute Gasteiger partial charge is 0.497 e. The Bertz CT molecular complexity index is 747. The van der Waals surface area contributed by atoms with Gasteiger partial charge in [0.2, 0.25) is 0 Å². The molecule has 0 saturated carbocycles. The van der Waals surface area contributed by atoms with E-state index in [1.165, 1.54) is 0 Å². The zero-order chi connectivity index (χ0) is 14.1. The summed E-state index contributed by atoms with van der Waals surface area (Å²) in [6, 6.07) is 13.8. The average molecular weight is 288 g/mol. The summed E-state index contributed by atoms with van der Waals surface area (Å²) in [4.78, 5) is 3.09. The fraction of sp³-hybridized carbons (Fsp3) is 0.125. The molecule has 0 atom stereocenters. The molecule has 20 heavy (non-hydrogen) atoms. The van der Waals surface area contributed by atoms with Crippen LogP contribution in [-0.4, -0.2) is 17.2 Å². The van der Waals surface area contributed by atoms with Gasteiger partial charge in [0.15, 0.2) is 0 Å². The number of aromatic amines is 1. The van der Waals surface area contributed by atoms with Crippen LogP contribution >= 0.6 is 11.6 Å². The number of rotatable bonds is 3. The summed E-state index contributed by atoms with van der Waals surface area (Å²) >= 11 is 6.14. The molecule has 0 aliphatic rings. The maximum Gasteiger partial charge on any atom is 0.118 e. The van der Waals surface area contributed by atoms with Crippen LogP contribution in [0.3, 0.4) is 0 Å². The second-order valence-corrected chi connectivity index (χ2v) is 4.91. The lowest BCUT2D eigenvalue weighted by molar-refractivity contribution is 0.283. The van der Waals surface area contributed by atoms with Gasteiger partial charge in [-0.3, -0.25) is 0 Å². The highest BCUT2D eigenvalue weighted by Crippen LogP contribution is 2.35. The van der Waals surface area contributed by atoms with Crippen LogP contribution < -0.4 is 4.74 Å². The van der Waals surface area contributed by atoms with E-state index >= 15 is 0 Å². The van der Waals surface area contributed by atoms with Crippen LogP contribution in [0.2, 0.25) is 5.15 Å². The van der Waals surface area contributed by atoms with Gasteiger partial charge in [-0.05, 0) is 29.3 Å². The number of hydrogen-bond acceptors (Lipinski definition) is 2. The standard InChI is InChI=1S/C16H14ClNO2/c1-20-11-7-5-10(6-8-11)12-3-2-4-14-15(12)13(9-19)16(17)18-14/h2-8,18-19H,9H2,1H3. The van der Waals surface area contributed by atoms with Gasteiger partial charge in [0.25, 0.3) is 0 Å². The number of fused-ring (bicyclic) bond motifs is 1. The van der Waals surface area contributed by atoms with Crippen molar-refractivity contribution in [3.8, 4) is 16.9 Å². The molecule has 3 rings (SSSR count). The summed E-state index contributed by atoms with van der Waals surface area (Å²) in [5.74, 6) is 0.815. The molecular weight excluding hydrogens is 274 g/mol. The van der Waals surface area contributed by atoms with Gasteiger partial charge in [0.1, 0.15) is 10.9 Å². The molecular formula is C16H14ClNO2. The zero-order valence-electron chi connectivity index (χ0n) is 11.0. The average Bonchev–Trinajstić information content (AvgIpc) is 2.82.